The van der Waals surface area contributed by atoms with Crippen LogP contribution >= 0.6 is 0 Å². The fourth-order valence-corrected chi connectivity index (χ4v) is 4.98. The van der Waals surface area contributed by atoms with Crippen LogP contribution in [-0.2, 0) is 6.42 Å². The maximum Gasteiger partial charge on any atom is 0.167 e. The highest BCUT2D eigenvalue weighted by Gasteiger charge is 2.22. The summed E-state index contributed by atoms with van der Waals surface area (Å²) in [4.78, 5) is 0. The molecule has 0 unspecified atom stereocenters. The van der Waals surface area contributed by atoms with Gasteiger partial charge in [0.1, 0.15) is 0 Å². The van der Waals surface area contributed by atoms with Gasteiger partial charge in [0.2, 0.25) is 0 Å². The SMILES string of the molecule is CCCc1ccc(-c2ccc(/C=C/C3CCC(c4ccc(OCC)c(F)c4)CC3)c(F)c2F)cc1. The molecule has 4 heteroatoms. The van der Waals surface area contributed by atoms with Crippen molar-refractivity contribution in [2.75, 3.05) is 6.61 Å². The van der Waals surface area contributed by atoms with E-state index in [1.54, 1.807) is 30.3 Å². The van der Waals surface area contributed by atoms with Crippen LogP contribution in [0, 0.1) is 23.4 Å². The molecule has 0 N–H and O–H groups in total. The van der Waals surface area contributed by atoms with Crippen LogP contribution in [0.1, 0.15) is 68.6 Å². The summed E-state index contributed by atoms with van der Waals surface area (Å²) in [7, 11) is 0. The van der Waals surface area contributed by atoms with Gasteiger partial charge >= 0.3 is 0 Å². The van der Waals surface area contributed by atoms with E-state index in [2.05, 4.69) is 6.92 Å². The molecule has 0 aromatic heterocycles. The molecule has 1 fully saturated rings. The highest BCUT2D eigenvalue weighted by molar-refractivity contribution is 5.67. The van der Waals surface area contributed by atoms with Gasteiger partial charge in [0.25, 0.3) is 0 Å². The molecule has 0 radical (unpaired) electrons. The molecule has 0 heterocycles. The lowest BCUT2D eigenvalue weighted by molar-refractivity contribution is 0.320. The number of benzene rings is 3. The first-order valence-electron chi connectivity index (χ1n) is 12.7. The van der Waals surface area contributed by atoms with Crippen LogP contribution in [0.25, 0.3) is 17.2 Å². The number of halogens is 3. The summed E-state index contributed by atoms with van der Waals surface area (Å²) in [5, 5.41) is 0. The average molecular weight is 479 g/mol. The van der Waals surface area contributed by atoms with Crippen LogP contribution in [0.2, 0.25) is 0 Å². The van der Waals surface area contributed by atoms with Crippen molar-refractivity contribution in [3.05, 3.63) is 94.8 Å². The van der Waals surface area contributed by atoms with Gasteiger partial charge in [0.15, 0.2) is 23.2 Å². The molecule has 0 aliphatic heterocycles. The Morgan fingerprint density at radius 1 is 0.857 bits per heavy atom. The minimum atomic E-state index is -0.810. The Hall–Kier alpha value is -3.01. The molecule has 1 saturated carbocycles. The summed E-state index contributed by atoms with van der Waals surface area (Å²) in [5.74, 6) is -1.04. The predicted molar refractivity (Wildman–Crippen MR) is 137 cm³/mol. The first-order chi connectivity index (χ1) is 17.0. The Kier molecular flexibility index (Phi) is 8.33. The largest absolute Gasteiger partial charge is 0.491 e. The minimum absolute atomic E-state index is 0.268. The zero-order valence-corrected chi connectivity index (χ0v) is 20.5. The van der Waals surface area contributed by atoms with Crippen molar-refractivity contribution in [2.24, 2.45) is 5.92 Å². The van der Waals surface area contributed by atoms with E-state index >= 15 is 0 Å². The van der Waals surface area contributed by atoms with Crippen molar-refractivity contribution in [1.29, 1.82) is 0 Å². The molecule has 4 rings (SSSR count). The van der Waals surface area contributed by atoms with Gasteiger partial charge in [-0.15, -0.1) is 0 Å². The molecule has 0 spiro atoms. The monoisotopic (exact) mass is 478 g/mol. The van der Waals surface area contributed by atoms with Crippen LogP contribution in [0.5, 0.6) is 5.75 Å². The van der Waals surface area contributed by atoms with Gasteiger partial charge in [-0.3, -0.25) is 0 Å². The van der Waals surface area contributed by atoms with Crippen LogP contribution in [-0.4, -0.2) is 6.61 Å². The number of allylic oxidation sites excluding steroid dienone is 1. The molecular formula is C31H33F3O. The first kappa shape index (κ1) is 25.1. The van der Waals surface area contributed by atoms with Gasteiger partial charge in [-0.1, -0.05) is 68.0 Å². The third kappa shape index (κ3) is 5.98. The molecular weight excluding hydrogens is 445 g/mol. The maximum atomic E-state index is 14.9. The predicted octanol–water partition coefficient (Wildman–Crippen LogP) is 9.11. The fourth-order valence-electron chi connectivity index (χ4n) is 4.98. The van der Waals surface area contributed by atoms with E-state index in [1.165, 1.54) is 5.56 Å². The second-order valence-corrected chi connectivity index (χ2v) is 9.37. The number of hydrogen-bond donors (Lipinski definition) is 0. The molecule has 184 valence electrons. The van der Waals surface area contributed by atoms with E-state index in [0.29, 0.717) is 29.8 Å². The summed E-state index contributed by atoms with van der Waals surface area (Å²) in [6.07, 6.45) is 9.45. The lowest BCUT2D eigenvalue weighted by atomic mass is 9.78. The second-order valence-electron chi connectivity index (χ2n) is 9.37. The lowest BCUT2D eigenvalue weighted by Crippen LogP contribution is -2.12. The summed E-state index contributed by atoms with van der Waals surface area (Å²) in [6.45, 7) is 4.39. The quantitative estimate of drug-likeness (QED) is 0.314. The zero-order chi connectivity index (χ0) is 24.8. The molecule has 0 saturated heterocycles. The van der Waals surface area contributed by atoms with Crippen molar-refractivity contribution in [1.82, 2.24) is 0 Å². The van der Waals surface area contributed by atoms with E-state index in [4.69, 9.17) is 4.74 Å². The Morgan fingerprint density at radius 3 is 2.26 bits per heavy atom. The normalized spacial score (nSPS) is 18.2. The first-order valence-corrected chi connectivity index (χ1v) is 12.7. The molecule has 3 aromatic carbocycles. The molecule has 0 bridgehead atoms. The molecule has 0 atom stereocenters. The van der Waals surface area contributed by atoms with E-state index in [-0.39, 0.29) is 16.9 Å². The number of hydrogen-bond acceptors (Lipinski definition) is 1. The molecule has 1 aliphatic rings. The van der Waals surface area contributed by atoms with Crippen LogP contribution in [0.3, 0.4) is 0 Å². The second kappa shape index (κ2) is 11.6. The minimum Gasteiger partial charge on any atom is -0.491 e. The summed E-state index contributed by atoms with van der Waals surface area (Å²) in [5.41, 5.74) is 3.43. The van der Waals surface area contributed by atoms with Crippen molar-refractivity contribution < 1.29 is 17.9 Å². The van der Waals surface area contributed by atoms with Gasteiger partial charge in [-0.25, -0.2) is 13.2 Å². The van der Waals surface area contributed by atoms with Crippen LogP contribution in [0.15, 0.2) is 60.7 Å². The average Bonchev–Trinajstić information content (AvgIpc) is 2.87. The van der Waals surface area contributed by atoms with Crippen LogP contribution in [0.4, 0.5) is 13.2 Å². The highest BCUT2D eigenvalue weighted by Crippen LogP contribution is 2.38. The van der Waals surface area contributed by atoms with Gasteiger partial charge in [0.05, 0.1) is 6.61 Å². The maximum absolute atomic E-state index is 14.9. The van der Waals surface area contributed by atoms with Gasteiger partial charge in [-0.2, -0.15) is 0 Å². The van der Waals surface area contributed by atoms with Crippen molar-refractivity contribution in [3.8, 4) is 16.9 Å². The lowest BCUT2D eigenvalue weighted by Gasteiger charge is -2.27. The van der Waals surface area contributed by atoms with Gasteiger partial charge in [0, 0.05) is 11.1 Å². The van der Waals surface area contributed by atoms with E-state index in [1.807, 2.05) is 43.3 Å². The Bertz CT molecular complexity index is 1160. The topological polar surface area (TPSA) is 9.23 Å². The zero-order valence-electron chi connectivity index (χ0n) is 20.5. The summed E-state index contributed by atoms with van der Waals surface area (Å²) < 4.78 is 49.2. The van der Waals surface area contributed by atoms with Gasteiger partial charge < -0.3 is 4.74 Å². The third-order valence-electron chi connectivity index (χ3n) is 6.96. The van der Waals surface area contributed by atoms with Gasteiger partial charge in [-0.05, 0) is 79.7 Å². The fraction of sp³-hybridized carbons (Fsp3) is 0.355. The van der Waals surface area contributed by atoms with E-state index in [0.717, 1.165) is 44.1 Å². The Morgan fingerprint density at radius 2 is 1.60 bits per heavy atom. The van der Waals surface area contributed by atoms with E-state index < -0.39 is 11.6 Å². The molecule has 35 heavy (non-hydrogen) atoms. The summed E-state index contributed by atoms with van der Waals surface area (Å²) >= 11 is 0. The summed E-state index contributed by atoms with van der Waals surface area (Å²) in [6, 6.07) is 16.2. The number of rotatable bonds is 8. The standard InChI is InChI=1S/C31H33F3O/c1-3-5-21-8-13-24(14-9-21)27-18-16-25(30(33)31(27)34)15-10-22-6-11-23(12-7-22)26-17-19-29(35-4-2)28(32)20-26/h8-10,13-20,22-23H,3-7,11-12H2,1-2H3/b15-10+. The van der Waals surface area contributed by atoms with Crippen molar-refractivity contribution in [3.63, 3.8) is 0 Å². The Balaban J connectivity index is 1.39. The molecule has 1 aliphatic carbocycles. The van der Waals surface area contributed by atoms with Crippen LogP contribution < -0.4 is 4.74 Å². The Labute approximate surface area is 206 Å². The van der Waals surface area contributed by atoms with E-state index in [9.17, 15) is 13.2 Å². The third-order valence-corrected chi connectivity index (χ3v) is 6.96. The number of ether oxygens (including phenoxy) is 1. The smallest absolute Gasteiger partial charge is 0.167 e. The molecule has 0 amide bonds. The highest BCUT2D eigenvalue weighted by atomic mass is 19.2. The molecule has 3 aromatic rings. The molecule has 1 nitrogen and oxygen atoms in total. The van der Waals surface area contributed by atoms with Crippen molar-refractivity contribution >= 4 is 6.08 Å². The van der Waals surface area contributed by atoms with Crippen molar-refractivity contribution in [2.45, 2.75) is 58.3 Å². The number of aryl methyl sites for hydroxylation is 1.